The molecule has 1 aromatic carbocycles. The summed E-state index contributed by atoms with van der Waals surface area (Å²) >= 11 is 0. The van der Waals surface area contributed by atoms with Gasteiger partial charge in [0, 0.05) is 32.5 Å². The zero-order chi connectivity index (χ0) is 18.1. The van der Waals surface area contributed by atoms with Crippen LogP contribution in [0.25, 0.3) is 11.0 Å². The van der Waals surface area contributed by atoms with E-state index in [2.05, 4.69) is 22.1 Å². The van der Waals surface area contributed by atoms with Crippen LogP contribution in [0.4, 0.5) is 0 Å². The maximum atomic E-state index is 12.8. The van der Waals surface area contributed by atoms with E-state index in [1.807, 2.05) is 40.1 Å². The average molecular weight is 353 g/mol. The monoisotopic (exact) mass is 353 g/mol. The third-order valence-corrected chi connectivity index (χ3v) is 5.26. The van der Waals surface area contributed by atoms with E-state index < -0.39 is 0 Å². The molecule has 2 aromatic heterocycles. The van der Waals surface area contributed by atoms with Crippen LogP contribution in [0, 0.1) is 6.92 Å². The van der Waals surface area contributed by atoms with Crippen molar-refractivity contribution in [3.8, 4) is 0 Å². The van der Waals surface area contributed by atoms with E-state index in [1.54, 1.807) is 6.92 Å². The molecule has 0 unspecified atom stereocenters. The molecule has 0 spiro atoms. The van der Waals surface area contributed by atoms with Crippen molar-refractivity contribution in [2.45, 2.75) is 51.6 Å². The van der Waals surface area contributed by atoms with Gasteiger partial charge in [0.05, 0.1) is 23.3 Å². The average Bonchev–Trinajstić information content (AvgIpc) is 3.26. The summed E-state index contributed by atoms with van der Waals surface area (Å²) in [6, 6.07) is 8.04. The second-order valence-corrected chi connectivity index (χ2v) is 6.91. The molecule has 3 heterocycles. The molecule has 7 nitrogen and oxygen atoms in total. The van der Waals surface area contributed by atoms with E-state index >= 15 is 0 Å². The van der Waals surface area contributed by atoms with Crippen LogP contribution in [0.15, 0.2) is 35.0 Å². The summed E-state index contributed by atoms with van der Waals surface area (Å²) in [5.41, 5.74) is 2.02. The summed E-state index contributed by atoms with van der Waals surface area (Å²) in [6.07, 6.45) is 4.19. The lowest BCUT2D eigenvalue weighted by atomic mass is 9.90. The van der Waals surface area contributed by atoms with Gasteiger partial charge in [-0.1, -0.05) is 12.1 Å². The number of para-hydroxylation sites is 2. The number of nitrogens with zero attached hydrogens (tertiary/aromatic N) is 5. The molecule has 1 amide bonds. The Kier molecular flexibility index (Phi) is 4.44. The Bertz CT molecular complexity index is 915. The fourth-order valence-corrected chi connectivity index (χ4v) is 3.84. The van der Waals surface area contributed by atoms with Crippen LogP contribution >= 0.6 is 0 Å². The minimum atomic E-state index is 0.0654. The molecule has 1 aliphatic heterocycles. The zero-order valence-electron chi connectivity index (χ0n) is 15.1. The Morgan fingerprint density at radius 3 is 2.96 bits per heavy atom. The minimum absolute atomic E-state index is 0.0654. The van der Waals surface area contributed by atoms with Gasteiger partial charge in [-0.3, -0.25) is 4.79 Å². The molecule has 136 valence electrons. The van der Waals surface area contributed by atoms with Gasteiger partial charge >= 0.3 is 0 Å². The van der Waals surface area contributed by atoms with Gasteiger partial charge in [0.15, 0.2) is 0 Å². The highest BCUT2D eigenvalue weighted by Gasteiger charge is 2.34. The molecule has 0 saturated carbocycles. The summed E-state index contributed by atoms with van der Waals surface area (Å²) in [5, 5.41) is 8.10. The number of likely N-dealkylation sites (tertiary alicyclic amines) is 1. The summed E-state index contributed by atoms with van der Waals surface area (Å²) in [5.74, 6) is 1.50. The highest BCUT2D eigenvalue weighted by Crippen LogP contribution is 2.32. The van der Waals surface area contributed by atoms with Gasteiger partial charge in [-0.2, -0.15) is 0 Å². The van der Waals surface area contributed by atoms with Crippen LogP contribution in [0.3, 0.4) is 0 Å². The number of aromatic nitrogens is 4. The quantitative estimate of drug-likeness (QED) is 0.721. The molecular formula is C19H23N5O2. The molecule has 2 atom stereocenters. The van der Waals surface area contributed by atoms with Crippen molar-refractivity contribution in [1.82, 2.24) is 24.6 Å². The minimum Gasteiger partial charge on any atom is -0.425 e. The first-order valence-electron chi connectivity index (χ1n) is 9.13. The van der Waals surface area contributed by atoms with Crippen molar-refractivity contribution in [1.29, 1.82) is 0 Å². The maximum absolute atomic E-state index is 12.8. The SMILES string of the molecule is Cc1nnc([C@H]2CCCN(C(=O)CCn3cnc4ccccc43)[C@H]2C)o1. The Morgan fingerprint density at radius 1 is 1.31 bits per heavy atom. The number of hydrogen-bond donors (Lipinski definition) is 0. The van der Waals surface area contributed by atoms with E-state index in [0.717, 1.165) is 30.4 Å². The van der Waals surface area contributed by atoms with E-state index in [0.29, 0.717) is 24.7 Å². The van der Waals surface area contributed by atoms with Crippen molar-refractivity contribution >= 4 is 16.9 Å². The predicted octanol–water partition coefficient (Wildman–Crippen LogP) is 2.91. The third-order valence-electron chi connectivity index (χ3n) is 5.26. The number of fused-ring (bicyclic) bond motifs is 1. The largest absolute Gasteiger partial charge is 0.425 e. The van der Waals surface area contributed by atoms with Crippen molar-refractivity contribution in [2.24, 2.45) is 0 Å². The van der Waals surface area contributed by atoms with Crippen LogP contribution in [-0.4, -0.2) is 43.1 Å². The molecule has 7 heteroatoms. The van der Waals surface area contributed by atoms with E-state index in [9.17, 15) is 4.79 Å². The van der Waals surface area contributed by atoms with Gasteiger partial charge in [0.25, 0.3) is 0 Å². The molecule has 0 aliphatic carbocycles. The Morgan fingerprint density at radius 2 is 2.15 bits per heavy atom. The molecule has 3 aromatic rings. The summed E-state index contributed by atoms with van der Waals surface area (Å²) in [7, 11) is 0. The Labute approximate surface area is 152 Å². The van der Waals surface area contributed by atoms with E-state index in [-0.39, 0.29) is 17.9 Å². The number of hydrogen-bond acceptors (Lipinski definition) is 5. The number of carbonyl (C=O) groups excluding carboxylic acids is 1. The molecule has 0 radical (unpaired) electrons. The molecule has 4 rings (SSSR count). The van der Waals surface area contributed by atoms with E-state index in [4.69, 9.17) is 4.42 Å². The summed E-state index contributed by atoms with van der Waals surface area (Å²) < 4.78 is 7.66. The van der Waals surface area contributed by atoms with Crippen molar-refractivity contribution in [2.75, 3.05) is 6.54 Å². The van der Waals surface area contributed by atoms with Crippen LogP contribution in [0.1, 0.15) is 43.9 Å². The highest BCUT2D eigenvalue weighted by atomic mass is 16.4. The van der Waals surface area contributed by atoms with Gasteiger partial charge in [-0.05, 0) is 31.9 Å². The van der Waals surface area contributed by atoms with Crippen LogP contribution < -0.4 is 0 Å². The standard InChI is InChI=1S/C19H23N5O2/c1-13-15(19-22-21-14(2)26-19)6-5-10-24(13)18(25)9-11-23-12-20-16-7-3-4-8-17(16)23/h3-4,7-8,12-13,15H,5-6,9-11H2,1-2H3/t13-,15-/m0/s1. The molecular weight excluding hydrogens is 330 g/mol. The molecule has 1 saturated heterocycles. The number of piperidine rings is 1. The molecule has 0 bridgehead atoms. The first-order chi connectivity index (χ1) is 12.6. The van der Waals surface area contributed by atoms with Crippen molar-refractivity contribution < 1.29 is 9.21 Å². The third kappa shape index (κ3) is 3.09. The van der Waals surface area contributed by atoms with Crippen LogP contribution in [0.2, 0.25) is 0 Å². The van der Waals surface area contributed by atoms with E-state index in [1.165, 1.54) is 0 Å². The van der Waals surface area contributed by atoms with Gasteiger partial charge in [-0.25, -0.2) is 4.98 Å². The maximum Gasteiger partial charge on any atom is 0.224 e. The first-order valence-corrected chi connectivity index (χ1v) is 9.13. The van der Waals surface area contributed by atoms with Gasteiger partial charge in [0.2, 0.25) is 17.7 Å². The number of rotatable bonds is 4. The highest BCUT2D eigenvalue weighted by molar-refractivity contribution is 5.78. The Hall–Kier alpha value is -2.70. The number of amides is 1. The predicted molar refractivity (Wildman–Crippen MR) is 96.5 cm³/mol. The van der Waals surface area contributed by atoms with Crippen molar-refractivity contribution in [3.05, 3.63) is 42.4 Å². The number of aryl methyl sites for hydroxylation is 2. The van der Waals surface area contributed by atoms with Gasteiger partial charge in [0.1, 0.15) is 0 Å². The molecule has 0 N–H and O–H groups in total. The number of carbonyl (C=O) groups is 1. The number of imidazole rings is 1. The molecule has 1 fully saturated rings. The summed E-state index contributed by atoms with van der Waals surface area (Å²) in [6.45, 7) is 5.29. The fraction of sp³-hybridized carbons (Fsp3) is 0.474. The Balaban J connectivity index is 1.44. The lowest BCUT2D eigenvalue weighted by Crippen LogP contribution is -2.46. The second-order valence-electron chi connectivity index (χ2n) is 6.91. The topological polar surface area (TPSA) is 77.1 Å². The molecule has 1 aliphatic rings. The molecule has 26 heavy (non-hydrogen) atoms. The summed E-state index contributed by atoms with van der Waals surface area (Å²) in [4.78, 5) is 19.2. The fourth-order valence-electron chi connectivity index (χ4n) is 3.84. The van der Waals surface area contributed by atoms with Crippen molar-refractivity contribution in [3.63, 3.8) is 0 Å². The first kappa shape index (κ1) is 16.8. The van der Waals surface area contributed by atoms with Gasteiger partial charge in [-0.15, -0.1) is 10.2 Å². The van der Waals surface area contributed by atoms with Gasteiger partial charge < -0.3 is 13.9 Å². The zero-order valence-corrected chi connectivity index (χ0v) is 15.1. The lowest BCUT2D eigenvalue weighted by Gasteiger charge is -2.38. The lowest BCUT2D eigenvalue weighted by molar-refractivity contribution is -0.135. The smallest absolute Gasteiger partial charge is 0.224 e. The van der Waals surface area contributed by atoms with Crippen LogP contribution in [0.5, 0.6) is 0 Å². The second kappa shape index (κ2) is 6.90. The number of benzene rings is 1. The van der Waals surface area contributed by atoms with Crippen LogP contribution in [-0.2, 0) is 11.3 Å². The normalized spacial score (nSPS) is 20.6.